The number of hydrogen-bond acceptors (Lipinski definition) is 4. The van der Waals surface area contributed by atoms with Crippen LogP contribution in [0.3, 0.4) is 0 Å². The van der Waals surface area contributed by atoms with E-state index in [1.165, 1.54) is 11.8 Å². The van der Waals surface area contributed by atoms with Gasteiger partial charge >= 0.3 is 0 Å². The van der Waals surface area contributed by atoms with Crippen LogP contribution in [0.5, 0.6) is 0 Å². The Morgan fingerprint density at radius 2 is 2.21 bits per heavy atom. The Kier molecular flexibility index (Phi) is 4.22. The van der Waals surface area contributed by atoms with E-state index in [4.69, 9.17) is 10.7 Å². The lowest BCUT2D eigenvalue weighted by Gasteiger charge is -1.99. The smallest absolute Gasteiger partial charge is 0.233 e. The average Bonchev–Trinajstić information content (AvgIpc) is 2.06. The zero-order valence-electron chi connectivity index (χ0n) is 7.60. The second kappa shape index (κ2) is 5.00. The number of thioether (sulfide) groups is 1. The standard InChI is InChI=1S/C8H10ClNO2S2/c1-7-2-3-8(10-6-7)13-4-5-14(9,11)12/h2-3,6H,4-5H2,1H3. The molecular formula is C8H10ClNO2S2. The van der Waals surface area contributed by atoms with Gasteiger partial charge in [-0.15, -0.1) is 11.8 Å². The molecule has 0 saturated carbocycles. The van der Waals surface area contributed by atoms with Crippen LogP contribution in [0.4, 0.5) is 0 Å². The first-order chi connectivity index (χ1) is 6.47. The van der Waals surface area contributed by atoms with Gasteiger partial charge in [-0.3, -0.25) is 0 Å². The molecule has 0 aliphatic heterocycles. The summed E-state index contributed by atoms with van der Waals surface area (Å²) in [6, 6.07) is 3.80. The first-order valence-corrected chi connectivity index (χ1v) is 7.41. The maximum atomic E-state index is 10.6. The van der Waals surface area contributed by atoms with Crippen LogP contribution < -0.4 is 0 Å². The maximum absolute atomic E-state index is 10.6. The molecule has 1 heterocycles. The summed E-state index contributed by atoms with van der Waals surface area (Å²) in [4.78, 5) is 4.12. The van der Waals surface area contributed by atoms with Crippen molar-refractivity contribution in [2.75, 3.05) is 11.5 Å². The molecule has 1 aromatic heterocycles. The summed E-state index contributed by atoms with van der Waals surface area (Å²) in [7, 11) is 1.68. The first-order valence-electron chi connectivity index (χ1n) is 3.95. The van der Waals surface area contributed by atoms with Crippen molar-refractivity contribution in [3.05, 3.63) is 23.9 Å². The Morgan fingerprint density at radius 1 is 1.50 bits per heavy atom. The van der Waals surface area contributed by atoms with Gasteiger partial charge in [0.05, 0.1) is 10.8 Å². The van der Waals surface area contributed by atoms with Crippen LogP contribution in [0, 0.1) is 6.92 Å². The molecule has 0 fully saturated rings. The van der Waals surface area contributed by atoms with Crippen LogP contribution in [-0.4, -0.2) is 24.9 Å². The summed E-state index contributed by atoms with van der Waals surface area (Å²) in [5.41, 5.74) is 1.08. The lowest BCUT2D eigenvalue weighted by Crippen LogP contribution is -1.99. The molecule has 3 nitrogen and oxygen atoms in total. The number of nitrogens with zero attached hydrogens (tertiary/aromatic N) is 1. The third kappa shape index (κ3) is 4.83. The molecule has 0 spiro atoms. The van der Waals surface area contributed by atoms with Gasteiger partial charge in [-0.1, -0.05) is 6.07 Å². The normalized spacial score (nSPS) is 11.6. The molecule has 0 unspecified atom stereocenters. The van der Waals surface area contributed by atoms with E-state index in [-0.39, 0.29) is 5.75 Å². The van der Waals surface area contributed by atoms with Crippen molar-refractivity contribution >= 4 is 31.5 Å². The topological polar surface area (TPSA) is 47.0 Å². The van der Waals surface area contributed by atoms with Crippen LogP contribution in [0.1, 0.15) is 5.56 Å². The Balaban J connectivity index is 2.43. The number of hydrogen-bond donors (Lipinski definition) is 0. The van der Waals surface area contributed by atoms with Crippen LogP contribution in [0.2, 0.25) is 0 Å². The summed E-state index contributed by atoms with van der Waals surface area (Å²) in [6.45, 7) is 1.95. The summed E-state index contributed by atoms with van der Waals surface area (Å²) in [5.74, 6) is 0.399. The van der Waals surface area contributed by atoms with Crippen molar-refractivity contribution in [3.63, 3.8) is 0 Å². The van der Waals surface area contributed by atoms with Crippen molar-refractivity contribution in [3.8, 4) is 0 Å². The van der Waals surface area contributed by atoms with E-state index >= 15 is 0 Å². The van der Waals surface area contributed by atoms with Gasteiger partial charge in [-0.25, -0.2) is 13.4 Å². The van der Waals surface area contributed by atoms with E-state index in [1.54, 1.807) is 6.20 Å². The Bertz CT molecular complexity index is 388. The monoisotopic (exact) mass is 251 g/mol. The minimum absolute atomic E-state index is 0.0330. The highest BCUT2D eigenvalue weighted by molar-refractivity contribution is 8.14. The van der Waals surface area contributed by atoms with E-state index in [0.29, 0.717) is 5.75 Å². The van der Waals surface area contributed by atoms with Crippen molar-refractivity contribution in [1.82, 2.24) is 4.98 Å². The molecule has 0 atom stereocenters. The summed E-state index contributed by atoms with van der Waals surface area (Å²) < 4.78 is 21.2. The molecule has 1 aromatic rings. The number of halogens is 1. The van der Waals surface area contributed by atoms with Crippen LogP contribution in [0.15, 0.2) is 23.4 Å². The Labute approximate surface area is 92.3 Å². The lowest BCUT2D eigenvalue weighted by molar-refractivity contribution is 0.611. The third-order valence-corrected chi connectivity index (χ3v) is 3.82. The van der Waals surface area contributed by atoms with Gasteiger partial charge in [0.25, 0.3) is 0 Å². The summed E-state index contributed by atoms with van der Waals surface area (Å²) >= 11 is 1.38. The second-order valence-corrected chi connectivity index (χ2v) is 6.78. The van der Waals surface area contributed by atoms with E-state index in [1.807, 2.05) is 19.1 Å². The molecular weight excluding hydrogens is 242 g/mol. The minimum atomic E-state index is -3.38. The number of pyridine rings is 1. The van der Waals surface area contributed by atoms with E-state index in [0.717, 1.165) is 10.6 Å². The largest absolute Gasteiger partial charge is 0.250 e. The molecule has 6 heteroatoms. The third-order valence-electron chi connectivity index (χ3n) is 1.46. The van der Waals surface area contributed by atoms with Crippen molar-refractivity contribution < 1.29 is 8.42 Å². The molecule has 78 valence electrons. The molecule has 1 rings (SSSR count). The predicted octanol–water partition coefficient (Wildman–Crippen LogP) is 2.05. The van der Waals surface area contributed by atoms with Gasteiger partial charge in [0, 0.05) is 22.6 Å². The van der Waals surface area contributed by atoms with Crippen molar-refractivity contribution in [2.45, 2.75) is 11.9 Å². The van der Waals surface area contributed by atoms with Crippen LogP contribution in [-0.2, 0) is 9.05 Å². The number of rotatable bonds is 4. The van der Waals surface area contributed by atoms with E-state index in [9.17, 15) is 8.42 Å². The SMILES string of the molecule is Cc1ccc(SCCS(=O)(=O)Cl)nc1. The zero-order valence-corrected chi connectivity index (χ0v) is 9.99. The number of aryl methyl sites for hydroxylation is 1. The second-order valence-electron chi connectivity index (χ2n) is 2.77. The summed E-state index contributed by atoms with van der Waals surface area (Å²) in [6.07, 6.45) is 1.75. The molecule has 0 saturated heterocycles. The molecule has 0 radical (unpaired) electrons. The van der Waals surface area contributed by atoms with Gasteiger partial charge in [0.15, 0.2) is 0 Å². The Morgan fingerprint density at radius 3 is 2.71 bits per heavy atom. The fraction of sp³-hybridized carbons (Fsp3) is 0.375. The van der Waals surface area contributed by atoms with Gasteiger partial charge in [-0.2, -0.15) is 0 Å². The minimum Gasteiger partial charge on any atom is -0.250 e. The van der Waals surface area contributed by atoms with Crippen molar-refractivity contribution in [2.24, 2.45) is 0 Å². The number of aromatic nitrogens is 1. The first kappa shape index (κ1) is 11.8. The van der Waals surface area contributed by atoms with Gasteiger partial charge in [0.2, 0.25) is 9.05 Å². The molecule has 0 aliphatic carbocycles. The predicted molar refractivity (Wildman–Crippen MR) is 59.3 cm³/mol. The molecule has 0 bridgehead atoms. The highest BCUT2D eigenvalue weighted by Crippen LogP contribution is 2.15. The van der Waals surface area contributed by atoms with Gasteiger partial charge < -0.3 is 0 Å². The lowest BCUT2D eigenvalue weighted by atomic mass is 10.3. The van der Waals surface area contributed by atoms with Crippen LogP contribution >= 0.6 is 22.4 Å². The molecule has 14 heavy (non-hydrogen) atoms. The van der Waals surface area contributed by atoms with E-state index < -0.39 is 9.05 Å². The highest BCUT2D eigenvalue weighted by Gasteiger charge is 2.05. The molecule has 0 N–H and O–H groups in total. The van der Waals surface area contributed by atoms with Gasteiger partial charge in [-0.05, 0) is 18.6 Å². The van der Waals surface area contributed by atoms with Gasteiger partial charge in [0.1, 0.15) is 0 Å². The van der Waals surface area contributed by atoms with Crippen molar-refractivity contribution in [1.29, 1.82) is 0 Å². The fourth-order valence-electron chi connectivity index (χ4n) is 0.785. The fourth-order valence-corrected chi connectivity index (χ4v) is 2.98. The molecule has 0 aromatic carbocycles. The maximum Gasteiger partial charge on any atom is 0.233 e. The quantitative estimate of drug-likeness (QED) is 0.607. The molecule has 0 aliphatic rings. The Hall–Kier alpha value is -0.260. The summed E-state index contributed by atoms with van der Waals surface area (Å²) in [5, 5.41) is 0.816. The molecule has 0 amide bonds. The average molecular weight is 252 g/mol. The van der Waals surface area contributed by atoms with E-state index in [2.05, 4.69) is 4.98 Å². The highest BCUT2D eigenvalue weighted by atomic mass is 35.7. The van der Waals surface area contributed by atoms with Crippen LogP contribution in [0.25, 0.3) is 0 Å². The zero-order chi connectivity index (χ0) is 10.6.